The molecule has 0 atom stereocenters. The summed E-state index contributed by atoms with van der Waals surface area (Å²) in [5.41, 5.74) is 5.95. The Morgan fingerprint density at radius 1 is 1.26 bits per heavy atom. The van der Waals surface area contributed by atoms with E-state index in [1.165, 1.54) is 0 Å². The lowest BCUT2D eigenvalue weighted by molar-refractivity contribution is -0.140. The molecule has 0 aliphatic heterocycles. The second-order valence-electron chi connectivity index (χ2n) is 3.92. The minimum absolute atomic E-state index is 0.196. The zero-order chi connectivity index (χ0) is 14.2. The van der Waals surface area contributed by atoms with Crippen molar-refractivity contribution in [1.29, 1.82) is 0 Å². The Balaban J connectivity index is 2.55. The minimum Gasteiger partial charge on any atom is -0.389 e. The van der Waals surface area contributed by atoms with Crippen LogP contribution in [-0.4, -0.2) is 9.97 Å². The van der Waals surface area contributed by atoms with E-state index in [9.17, 15) is 13.2 Å². The number of hydrogen-bond acceptors (Lipinski definition) is 3. The molecular formula is C12H9F3N2S2. The highest BCUT2D eigenvalue weighted by molar-refractivity contribution is 7.81. The molecule has 2 nitrogen and oxygen atoms in total. The Bertz CT molecular complexity index is 615. The molecule has 0 amide bonds. The number of aromatic nitrogens is 1. The fraction of sp³-hybridized carbons (Fsp3) is 0.167. The molecule has 0 aliphatic rings. The number of nitrogens with two attached hydrogens (primary N) is 1. The van der Waals surface area contributed by atoms with Gasteiger partial charge in [-0.25, -0.2) is 4.98 Å². The van der Waals surface area contributed by atoms with E-state index in [1.807, 2.05) is 19.1 Å². The summed E-state index contributed by atoms with van der Waals surface area (Å²) in [6, 6.07) is 7.06. The second kappa shape index (κ2) is 4.90. The molecule has 0 bridgehead atoms. The number of halogens is 3. The smallest absolute Gasteiger partial charge is 0.389 e. The van der Waals surface area contributed by atoms with Gasteiger partial charge in [-0.05, 0) is 6.92 Å². The van der Waals surface area contributed by atoms with Gasteiger partial charge in [-0.1, -0.05) is 42.0 Å². The summed E-state index contributed by atoms with van der Waals surface area (Å²) in [5, 5.41) is 0.259. The molecule has 0 unspecified atom stereocenters. The highest BCUT2D eigenvalue weighted by Gasteiger charge is 2.38. The molecule has 7 heteroatoms. The van der Waals surface area contributed by atoms with Gasteiger partial charge in [-0.3, -0.25) is 0 Å². The topological polar surface area (TPSA) is 38.9 Å². The lowest BCUT2D eigenvalue weighted by atomic mass is 10.2. The number of aryl methyl sites for hydroxylation is 1. The Morgan fingerprint density at radius 3 is 2.26 bits per heavy atom. The molecular weight excluding hydrogens is 293 g/mol. The van der Waals surface area contributed by atoms with Gasteiger partial charge < -0.3 is 5.73 Å². The summed E-state index contributed by atoms with van der Waals surface area (Å²) < 4.78 is 38.5. The number of rotatable bonds is 2. The van der Waals surface area contributed by atoms with Gasteiger partial charge in [0.1, 0.15) is 10.00 Å². The maximum Gasteiger partial charge on any atom is 0.434 e. The first-order valence-electron chi connectivity index (χ1n) is 5.24. The summed E-state index contributed by atoms with van der Waals surface area (Å²) in [7, 11) is 0. The molecule has 2 rings (SSSR count). The number of nitrogens with zero attached hydrogens (tertiary/aromatic N) is 1. The van der Waals surface area contributed by atoms with Gasteiger partial charge in [0.25, 0.3) is 0 Å². The van der Waals surface area contributed by atoms with Crippen LogP contribution < -0.4 is 5.73 Å². The predicted octanol–water partition coefficient (Wildman–Crippen LogP) is 3.77. The Hall–Kier alpha value is -1.47. The van der Waals surface area contributed by atoms with Crippen LogP contribution >= 0.6 is 23.6 Å². The summed E-state index contributed by atoms with van der Waals surface area (Å²) in [4.78, 5) is 3.14. The van der Waals surface area contributed by atoms with Gasteiger partial charge in [0.15, 0.2) is 5.69 Å². The first kappa shape index (κ1) is 14.0. The van der Waals surface area contributed by atoms with Crippen LogP contribution in [0, 0.1) is 6.92 Å². The van der Waals surface area contributed by atoms with Crippen molar-refractivity contribution in [3.63, 3.8) is 0 Å². The third kappa shape index (κ3) is 2.93. The van der Waals surface area contributed by atoms with Gasteiger partial charge in [-0.2, -0.15) is 13.2 Å². The number of thiocarbonyl (C=S) groups is 1. The molecule has 1 aromatic heterocycles. The van der Waals surface area contributed by atoms with E-state index in [-0.39, 0.29) is 14.9 Å². The van der Waals surface area contributed by atoms with Gasteiger partial charge in [0.05, 0.1) is 4.88 Å². The van der Waals surface area contributed by atoms with Crippen LogP contribution in [0.15, 0.2) is 24.3 Å². The third-order valence-corrected chi connectivity index (χ3v) is 3.89. The highest BCUT2D eigenvalue weighted by Crippen LogP contribution is 2.37. The SMILES string of the molecule is Cc1ccc(-c2nc(C(F)(F)F)c(C(N)=S)s2)cc1. The molecule has 0 saturated heterocycles. The summed E-state index contributed by atoms with van der Waals surface area (Å²) >= 11 is 5.51. The van der Waals surface area contributed by atoms with Crippen LogP contribution in [0.3, 0.4) is 0 Å². The quantitative estimate of drug-likeness (QED) is 0.858. The third-order valence-electron chi connectivity index (χ3n) is 2.42. The standard InChI is InChI=1S/C12H9F3N2S2/c1-6-2-4-7(5-3-6)11-17-9(12(13,14)15)8(19-11)10(16)18/h2-5H,1H3,(H2,16,18). The van der Waals surface area contributed by atoms with E-state index < -0.39 is 11.9 Å². The zero-order valence-corrected chi connectivity index (χ0v) is 11.4. The second-order valence-corrected chi connectivity index (χ2v) is 5.36. The van der Waals surface area contributed by atoms with Crippen molar-refractivity contribution < 1.29 is 13.2 Å². The van der Waals surface area contributed by atoms with Crippen LogP contribution in [0.1, 0.15) is 16.1 Å². The monoisotopic (exact) mass is 302 g/mol. The summed E-state index contributed by atoms with van der Waals surface area (Å²) in [6.45, 7) is 1.90. The normalized spacial score (nSPS) is 11.6. The summed E-state index contributed by atoms with van der Waals surface area (Å²) in [5.74, 6) is 0. The van der Waals surface area contributed by atoms with Crippen LogP contribution in [0.25, 0.3) is 10.6 Å². The average molecular weight is 302 g/mol. The van der Waals surface area contributed by atoms with E-state index >= 15 is 0 Å². The summed E-state index contributed by atoms with van der Waals surface area (Å²) in [6.07, 6.45) is -4.56. The van der Waals surface area contributed by atoms with Crippen LogP contribution in [0.5, 0.6) is 0 Å². The number of thiazole rings is 1. The van der Waals surface area contributed by atoms with Gasteiger partial charge >= 0.3 is 6.18 Å². The van der Waals surface area contributed by atoms with Crippen molar-refractivity contribution in [2.24, 2.45) is 5.73 Å². The molecule has 0 saturated carbocycles. The number of benzene rings is 1. The lowest BCUT2D eigenvalue weighted by Crippen LogP contribution is -2.16. The maximum absolute atomic E-state index is 12.8. The molecule has 1 heterocycles. The van der Waals surface area contributed by atoms with Crippen LogP contribution in [0.2, 0.25) is 0 Å². The fourth-order valence-corrected chi connectivity index (χ4v) is 2.66. The van der Waals surface area contributed by atoms with Crippen molar-refractivity contribution in [3.05, 3.63) is 40.4 Å². The van der Waals surface area contributed by atoms with Crippen molar-refractivity contribution in [2.45, 2.75) is 13.1 Å². The Kier molecular flexibility index (Phi) is 3.60. The zero-order valence-electron chi connectivity index (χ0n) is 9.78. The Labute approximate surface area is 117 Å². The molecule has 1 aromatic carbocycles. The van der Waals surface area contributed by atoms with Crippen LogP contribution in [-0.2, 0) is 6.18 Å². The van der Waals surface area contributed by atoms with Crippen molar-refractivity contribution in [3.8, 4) is 10.6 Å². The Morgan fingerprint density at radius 2 is 1.84 bits per heavy atom. The van der Waals surface area contributed by atoms with Gasteiger partial charge in [-0.15, -0.1) is 11.3 Å². The predicted molar refractivity (Wildman–Crippen MR) is 73.2 cm³/mol. The number of alkyl halides is 3. The minimum atomic E-state index is -4.56. The van der Waals surface area contributed by atoms with E-state index in [1.54, 1.807) is 12.1 Å². The van der Waals surface area contributed by atoms with E-state index in [0.29, 0.717) is 5.56 Å². The van der Waals surface area contributed by atoms with E-state index in [0.717, 1.165) is 16.9 Å². The molecule has 0 aliphatic carbocycles. The van der Waals surface area contributed by atoms with Crippen molar-refractivity contribution >= 4 is 28.5 Å². The molecule has 2 aromatic rings. The first-order chi connectivity index (χ1) is 8.79. The lowest BCUT2D eigenvalue weighted by Gasteiger charge is -2.03. The molecule has 0 spiro atoms. The van der Waals surface area contributed by atoms with Crippen molar-refractivity contribution in [2.75, 3.05) is 0 Å². The number of hydrogen-bond donors (Lipinski definition) is 1. The van der Waals surface area contributed by atoms with Gasteiger partial charge in [0.2, 0.25) is 0 Å². The largest absolute Gasteiger partial charge is 0.434 e. The highest BCUT2D eigenvalue weighted by atomic mass is 32.1. The molecule has 0 radical (unpaired) electrons. The van der Waals surface area contributed by atoms with E-state index in [4.69, 9.17) is 5.73 Å². The average Bonchev–Trinajstić information content (AvgIpc) is 2.74. The maximum atomic E-state index is 12.8. The van der Waals surface area contributed by atoms with Gasteiger partial charge in [0, 0.05) is 5.56 Å². The first-order valence-corrected chi connectivity index (χ1v) is 6.46. The molecule has 2 N–H and O–H groups in total. The molecule has 100 valence electrons. The van der Waals surface area contributed by atoms with Crippen LogP contribution in [0.4, 0.5) is 13.2 Å². The fourth-order valence-electron chi connectivity index (χ4n) is 1.50. The van der Waals surface area contributed by atoms with E-state index in [2.05, 4.69) is 17.2 Å². The molecule has 0 fully saturated rings. The molecule has 19 heavy (non-hydrogen) atoms. The van der Waals surface area contributed by atoms with Crippen molar-refractivity contribution in [1.82, 2.24) is 4.98 Å².